The number of hydrogen-bond donors (Lipinski definition) is 1. The molecule has 0 saturated carbocycles. The van der Waals surface area contributed by atoms with E-state index >= 15 is 0 Å². The molecule has 0 aliphatic carbocycles. The minimum absolute atomic E-state index is 0.00689. The number of carboxylic acids is 1. The molecule has 2 aromatic heterocycles. The molecule has 5 nitrogen and oxygen atoms in total. The zero-order valence-corrected chi connectivity index (χ0v) is 12.2. The molecule has 3 rings (SSSR count). The van der Waals surface area contributed by atoms with Crippen LogP contribution in [0.15, 0.2) is 55.0 Å². The second kappa shape index (κ2) is 5.99. The van der Waals surface area contributed by atoms with Crippen LogP contribution in [0.3, 0.4) is 0 Å². The van der Waals surface area contributed by atoms with Crippen molar-refractivity contribution in [1.82, 2.24) is 14.8 Å². The molecule has 0 spiro atoms. The summed E-state index contributed by atoms with van der Waals surface area (Å²) in [7, 11) is 0. The van der Waals surface area contributed by atoms with E-state index in [1.165, 1.54) is 12.3 Å². The molecule has 0 fully saturated rings. The molecule has 3 aromatic rings. The Balaban J connectivity index is 1.84. The third-order valence-corrected chi connectivity index (χ3v) is 3.59. The van der Waals surface area contributed by atoms with Crippen LogP contribution < -0.4 is 0 Å². The van der Waals surface area contributed by atoms with Gasteiger partial charge in [0.2, 0.25) is 0 Å². The fourth-order valence-corrected chi connectivity index (χ4v) is 2.31. The van der Waals surface area contributed by atoms with E-state index in [4.69, 9.17) is 16.7 Å². The van der Waals surface area contributed by atoms with Crippen LogP contribution in [-0.2, 0) is 6.42 Å². The Morgan fingerprint density at radius 2 is 2.05 bits per heavy atom. The number of carbonyl (C=O) groups is 1. The van der Waals surface area contributed by atoms with Crippen molar-refractivity contribution in [1.29, 1.82) is 0 Å². The Morgan fingerprint density at radius 3 is 2.68 bits per heavy atom. The Hall–Kier alpha value is -2.66. The fourth-order valence-electron chi connectivity index (χ4n) is 2.14. The first-order valence-electron chi connectivity index (χ1n) is 6.60. The highest BCUT2D eigenvalue weighted by atomic mass is 35.5. The van der Waals surface area contributed by atoms with Crippen LogP contribution in [0, 0.1) is 0 Å². The minimum Gasteiger partial charge on any atom is -0.477 e. The predicted molar refractivity (Wildman–Crippen MR) is 82.6 cm³/mol. The summed E-state index contributed by atoms with van der Waals surface area (Å²) in [5.74, 6) is -1.06. The maximum Gasteiger partial charge on any atom is 0.354 e. The third-order valence-electron chi connectivity index (χ3n) is 3.25. The second-order valence-corrected chi connectivity index (χ2v) is 5.17. The average molecular weight is 314 g/mol. The van der Waals surface area contributed by atoms with Crippen LogP contribution >= 0.6 is 11.6 Å². The van der Waals surface area contributed by atoms with Crippen LogP contribution in [-0.4, -0.2) is 25.8 Å². The molecule has 1 aromatic carbocycles. The Labute approximate surface area is 131 Å². The van der Waals surface area contributed by atoms with Crippen LogP contribution in [0.1, 0.15) is 21.6 Å². The lowest BCUT2D eigenvalue weighted by atomic mass is 10.0. The van der Waals surface area contributed by atoms with Gasteiger partial charge in [-0.15, -0.1) is 0 Å². The standard InChI is InChI=1S/C16H12ClN3O2/c17-14-10-18-15(16(21)22)9-12(14)8-11-2-4-13(5-3-11)20-7-1-6-19-20/h1-7,9-10H,8H2,(H,21,22). The van der Waals surface area contributed by atoms with Gasteiger partial charge in [0.05, 0.1) is 10.7 Å². The molecule has 0 aliphatic rings. The maximum absolute atomic E-state index is 11.0. The van der Waals surface area contributed by atoms with E-state index in [2.05, 4.69) is 10.1 Å². The number of rotatable bonds is 4. The van der Waals surface area contributed by atoms with Gasteiger partial charge in [0.15, 0.2) is 0 Å². The van der Waals surface area contributed by atoms with Crippen molar-refractivity contribution in [2.75, 3.05) is 0 Å². The highest BCUT2D eigenvalue weighted by Crippen LogP contribution is 2.20. The van der Waals surface area contributed by atoms with Crippen LogP contribution in [0.2, 0.25) is 5.02 Å². The first-order chi connectivity index (χ1) is 10.6. The summed E-state index contributed by atoms with van der Waals surface area (Å²) < 4.78 is 1.77. The molecule has 22 heavy (non-hydrogen) atoms. The van der Waals surface area contributed by atoms with Gasteiger partial charge in [-0.3, -0.25) is 0 Å². The molecule has 0 bridgehead atoms. The van der Waals surface area contributed by atoms with E-state index in [-0.39, 0.29) is 5.69 Å². The Bertz CT molecular complexity index is 799. The van der Waals surface area contributed by atoms with Crippen molar-refractivity contribution in [3.05, 3.63) is 76.8 Å². The topological polar surface area (TPSA) is 68.0 Å². The number of nitrogens with zero attached hydrogens (tertiary/aromatic N) is 3. The van der Waals surface area contributed by atoms with Crippen molar-refractivity contribution in [2.45, 2.75) is 6.42 Å². The van der Waals surface area contributed by atoms with Crippen molar-refractivity contribution in [3.8, 4) is 5.69 Å². The molecule has 110 valence electrons. The normalized spacial score (nSPS) is 10.6. The molecule has 0 atom stereocenters. The smallest absolute Gasteiger partial charge is 0.354 e. The summed E-state index contributed by atoms with van der Waals surface area (Å²) in [6.45, 7) is 0. The fraction of sp³-hybridized carbons (Fsp3) is 0.0625. The monoisotopic (exact) mass is 313 g/mol. The molecule has 0 radical (unpaired) electrons. The number of halogens is 1. The van der Waals surface area contributed by atoms with Crippen LogP contribution in [0.25, 0.3) is 5.69 Å². The summed E-state index contributed by atoms with van der Waals surface area (Å²) in [5, 5.41) is 13.6. The maximum atomic E-state index is 11.0. The largest absolute Gasteiger partial charge is 0.477 e. The molecule has 2 heterocycles. The molecule has 0 amide bonds. The van der Waals surface area contributed by atoms with Crippen molar-refractivity contribution in [3.63, 3.8) is 0 Å². The number of hydrogen-bond acceptors (Lipinski definition) is 3. The van der Waals surface area contributed by atoms with Gasteiger partial charge in [0, 0.05) is 18.6 Å². The van der Waals surface area contributed by atoms with Gasteiger partial charge in [-0.2, -0.15) is 5.10 Å². The van der Waals surface area contributed by atoms with Crippen molar-refractivity contribution >= 4 is 17.6 Å². The first-order valence-corrected chi connectivity index (χ1v) is 6.98. The molecular formula is C16H12ClN3O2. The summed E-state index contributed by atoms with van der Waals surface area (Å²) >= 11 is 6.09. The highest BCUT2D eigenvalue weighted by molar-refractivity contribution is 6.31. The summed E-state index contributed by atoms with van der Waals surface area (Å²) in [6.07, 6.45) is 5.51. The van der Waals surface area contributed by atoms with E-state index in [9.17, 15) is 4.79 Å². The van der Waals surface area contributed by atoms with E-state index < -0.39 is 5.97 Å². The molecular weight excluding hydrogens is 302 g/mol. The van der Waals surface area contributed by atoms with Gasteiger partial charge in [0.1, 0.15) is 5.69 Å². The van der Waals surface area contributed by atoms with Gasteiger partial charge in [-0.1, -0.05) is 23.7 Å². The lowest BCUT2D eigenvalue weighted by Gasteiger charge is -2.07. The molecule has 1 N–H and O–H groups in total. The predicted octanol–water partition coefficient (Wildman–Crippen LogP) is 3.21. The lowest BCUT2D eigenvalue weighted by Crippen LogP contribution is -2.02. The van der Waals surface area contributed by atoms with Gasteiger partial charge < -0.3 is 5.11 Å². The van der Waals surface area contributed by atoms with Gasteiger partial charge >= 0.3 is 5.97 Å². The Morgan fingerprint density at radius 1 is 1.27 bits per heavy atom. The zero-order chi connectivity index (χ0) is 15.5. The van der Waals surface area contributed by atoms with Crippen LogP contribution in [0.5, 0.6) is 0 Å². The van der Waals surface area contributed by atoms with Crippen molar-refractivity contribution in [2.24, 2.45) is 0 Å². The number of aromatic carboxylic acids is 1. The minimum atomic E-state index is -1.06. The SMILES string of the molecule is O=C(O)c1cc(Cc2ccc(-n3cccn3)cc2)c(Cl)cn1. The average Bonchev–Trinajstić information content (AvgIpc) is 3.04. The van der Waals surface area contributed by atoms with E-state index in [0.717, 1.165) is 16.8 Å². The molecule has 0 aliphatic heterocycles. The number of aromatic nitrogens is 3. The van der Waals surface area contributed by atoms with E-state index in [1.54, 1.807) is 10.9 Å². The second-order valence-electron chi connectivity index (χ2n) is 4.76. The summed E-state index contributed by atoms with van der Waals surface area (Å²) in [5.41, 5.74) is 2.72. The quantitative estimate of drug-likeness (QED) is 0.803. The summed E-state index contributed by atoms with van der Waals surface area (Å²) in [4.78, 5) is 14.8. The highest BCUT2D eigenvalue weighted by Gasteiger charge is 2.09. The van der Waals surface area contributed by atoms with E-state index in [1.807, 2.05) is 36.5 Å². The number of pyridine rings is 1. The van der Waals surface area contributed by atoms with Crippen LogP contribution in [0.4, 0.5) is 0 Å². The van der Waals surface area contributed by atoms with Gasteiger partial charge in [-0.25, -0.2) is 14.5 Å². The van der Waals surface area contributed by atoms with E-state index in [0.29, 0.717) is 11.4 Å². The van der Waals surface area contributed by atoms with Crippen molar-refractivity contribution < 1.29 is 9.90 Å². The number of carboxylic acid groups (broad SMARTS) is 1. The lowest BCUT2D eigenvalue weighted by molar-refractivity contribution is 0.0690. The van der Waals surface area contributed by atoms with Gasteiger partial charge in [-0.05, 0) is 41.8 Å². The first kappa shape index (κ1) is 14.3. The number of benzene rings is 1. The zero-order valence-electron chi connectivity index (χ0n) is 11.5. The molecule has 6 heteroatoms. The summed E-state index contributed by atoms with van der Waals surface area (Å²) in [6, 6.07) is 11.2. The molecule has 0 unspecified atom stereocenters. The Kier molecular flexibility index (Phi) is 3.89. The molecule has 0 saturated heterocycles. The third kappa shape index (κ3) is 2.99. The van der Waals surface area contributed by atoms with Gasteiger partial charge in [0.25, 0.3) is 0 Å².